The van der Waals surface area contributed by atoms with Crippen molar-refractivity contribution < 1.29 is 0 Å². The van der Waals surface area contributed by atoms with Gasteiger partial charge in [0.2, 0.25) is 0 Å². The van der Waals surface area contributed by atoms with Crippen LogP contribution >= 0.6 is 15.9 Å². The lowest BCUT2D eigenvalue weighted by Gasteiger charge is -2.06. The van der Waals surface area contributed by atoms with Gasteiger partial charge in [-0.2, -0.15) is 0 Å². The van der Waals surface area contributed by atoms with Crippen molar-refractivity contribution >= 4 is 27.8 Å². The van der Waals surface area contributed by atoms with E-state index >= 15 is 0 Å². The molecule has 0 spiro atoms. The smallest absolute Gasteiger partial charge is 0.0639 e. The highest BCUT2D eigenvalue weighted by molar-refractivity contribution is 9.10. The average Bonchev–Trinajstić information content (AvgIpc) is 3.16. The number of nitrogens with zero attached hydrogens (tertiary/aromatic N) is 2. The molecule has 4 rings (SSSR count). The third-order valence-electron chi connectivity index (χ3n) is 4.19. The van der Waals surface area contributed by atoms with Crippen LogP contribution in [0.5, 0.6) is 0 Å². The van der Waals surface area contributed by atoms with Crippen LogP contribution in [0.15, 0.2) is 107 Å². The molecule has 26 heavy (non-hydrogen) atoms. The first kappa shape index (κ1) is 16.6. The molecule has 0 saturated heterocycles. The molecule has 0 N–H and O–H groups in total. The fraction of sp³-hybridized carbons (Fsp3) is 0. The van der Waals surface area contributed by atoms with Gasteiger partial charge < -0.3 is 4.57 Å². The number of rotatable bonds is 4. The maximum atomic E-state index is 4.63. The highest BCUT2D eigenvalue weighted by Crippen LogP contribution is 2.23. The van der Waals surface area contributed by atoms with Gasteiger partial charge in [-0.25, -0.2) is 0 Å². The summed E-state index contributed by atoms with van der Waals surface area (Å²) >= 11 is 3.53. The van der Waals surface area contributed by atoms with Gasteiger partial charge >= 0.3 is 0 Å². The first-order valence-electron chi connectivity index (χ1n) is 8.42. The quantitative estimate of drug-likeness (QED) is 0.341. The van der Waals surface area contributed by atoms with Gasteiger partial charge in [-0.3, -0.25) is 4.99 Å². The monoisotopic (exact) mass is 400 g/mol. The van der Waals surface area contributed by atoms with Crippen molar-refractivity contribution in [1.29, 1.82) is 0 Å². The van der Waals surface area contributed by atoms with Crippen LogP contribution in [0.1, 0.15) is 5.69 Å². The fourth-order valence-corrected chi connectivity index (χ4v) is 3.26. The molecular weight excluding hydrogens is 384 g/mol. The minimum absolute atomic E-state index is 0.937. The van der Waals surface area contributed by atoms with E-state index in [-0.39, 0.29) is 0 Å². The average molecular weight is 401 g/mol. The van der Waals surface area contributed by atoms with Gasteiger partial charge in [-0.05, 0) is 53.6 Å². The zero-order valence-corrected chi connectivity index (χ0v) is 15.7. The van der Waals surface area contributed by atoms with Crippen LogP contribution in [-0.2, 0) is 0 Å². The molecule has 126 valence electrons. The lowest BCUT2D eigenvalue weighted by Crippen LogP contribution is -1.97. The Bertz CT molecular complexity index is 1030. The molecule has 0 aliphatic rings. The molecule has 0 atom stereocenters. The summed E-state index contributed by atoms with van der Waals surface area (Å²) in [6.45, 7) is 0. The predicted octanol–water partition coefficient (Wildman–Crippen LogP) is 6.66. The highest BCUT2D eigenvalue weighted by Gasteiger charge is 2.02. The molecule has 0 unspecified atom stereocenters. The molecule has 0 amide bonds. The van der Waals surface area contributed by atoms with Crippen LogP contribution in [0, 0.1) is 0 Å². The third-order valence-corrected chi connectivity index (χ3v) is 4.68. The second-order valence-corrected chi connectivity index (χ2v) is 6.87. The minimum Gasteiger partial charge on any atom is -0.316 e. The van der Waals surface area contributed by atoms with Crippen molar-refractivity contribution in [3.63, 3.8) is 0 Å². The summed E-state index contributed by atoms with van der Waals surface area (Å²) in [7, 11) is 0. The van der Waals surface area contributed by atoms with Crippen LogP contribution in [0.2, 0.25) is 0 Å². The van der Waals surface area contributed by atoms with Crippen LogP contribution in [0.3, 0.4) is 0 Å². The van der Waals surface area contributed by atoms with Gasteiger partial charge in [0.1, 0.15) is 0 Å². The van der Waals surface area contributed by atoms with Gasteiger partial charge in [0.15, 0.2) is 0 Å². The Hall–Kier alpha value is -2.91. The predicted molar refractivity (Wildman–Crippen MR) is 113 cm³/mol. The number of aromatic nitrogens is 1. The number of aliphatic imine (C=N–C) groups is 1. The number of benzene rings is 3. The molecule has 0 radical (unpaired) electrons. The van der Waals surface area contributed by atoms with Crippen molar-refractivity contribution in [2.75, 3.05) is 0 Å². The van der Waals surface area contributed by atoms with E-state index in [0.717, 1.165) is 21.5 Å². The van der Waals surface area contributed by atoms with Crippen molar-refractivity contribution in [1.82, 2.24) is 4.57 Å². The Morgan fingerprint density at radius 2 is 1.50 bits per heavy atom. The number of halogens is 1. The molecule has 2 nitrogen and oxygen atoms in total. The highest BCUT2D eigenvalue weighted by atomic mass is 79.9. The molecule has 1 aromatic heterocycles. The Morgan fingerprint density at radius 3 is 2.27 bits per heavy atom. The van der Waals surface area contributed by atoms with Crippen molar-refractivity contribution in [3.8, 4) is 16.8 Å². The molecule has 0 bridgehead atoms. The van der Waals surface area contributed by atoms with Crippen molar-refractivity contribution in [2.45, 2.75) is 0 Å². The van der Waals surface area contributed by atoms with Gasteiger partial charge in [0.05, 0.1) is 17.6 Å². The zero-order chi connectivity index (χ0) is 17.8. The molecule has 0 aliphatic carbocycles. The summed E-state index contributed by atoms with van der Waals surface area (Å²) in [5.74, 6) is 0. The summed E-state index contributed by atoms with van der Waals surface area (Å²) < 4.78 is 3.18. The van der Waals surface area contributed by atoms with Gasteiger partial charge in [-0.1, -0.05) is 64.5 Å². The van der Waals surface area contributed by atoms with Gasteiger partial charge in [-0.15, -0.1) is 0 Å². The first-order valence-corrected chi connectivity index (χ1v) is 9.22. The van der Waals surface area contributed by atoms with E-state index < -0.39 is 0 Å². The lowest BCUT2D eigenvalue weighted by molar-refractivity contribution is 1.07. The van der Waals surface area contributed by atoms with Crippen LogP contribution in [0.25, 0.3) is 16.8 Å². The van der Waals surface area contributed by atoms with Crippen LogP contribution < -0.4 is 0 Å². The molecule has 0 saturated carbocycles. The molecule has 4 aromatic rings. The Labute approximate surface area is 161 Å². The Morgan fingerprint density at radius 1 is 0.731 bits per heavy atom. The topological polar surface area (TPSA) is 17.3 Å². The summed E-state index contributed by atoms with van der Waals surface area (Å²) in [5, 5.41) is 0. The van der Waals surface area contributed by atoms with E-state index in [1.54, 1.807) is 0 Å². The lowest BCUT2D eigenvalue weighted by atomic mass is 10.1. The van der Waals surface area contributed by atoms with Crippen molar-refractivity contribution in [2.24, 2.45) is 4.99 Å². The second kappa shape index (κ2) is 7.54. The molecule has 3 heteroatoms. The van der Waals surface area contributed by atoms with E-state index in [0.29, 0.717) is 0 Å². The second-order valence-electron chi connectivity index (χ2n) is 5.95. The zero-order valence-electron chi connectivity index (χ0n) is 14.1. The van der Waals surface area contributed by atoms with E-state index in [4.69, 9.17) is 0 Å². The Kier molecular flexibility index (Phi) is 4.80. The summed E-state index contributed by atoms with van der Waals surface area (Å²) in [6, 6.07) is 31.0. The minimum atomic E-state index is 0.937. The number of hydrogen-bond donors (Lipinski definition) is 0. The van der Waals surface area contributed by atoms with E-state index in [9.17, 15) is 0 Å². The maximum absolute atomic E-state index is 4.63. The molecule has 0 fully saturated rings. The maximum Gasteiger partial charge on any atom is 0.0639 e. The van der Waals surface area contributed by atoms with E-state index in [1.807, 2.05) is 48.8 Å². The van der Waals surface area contributed by atoms with Crippen molar-refractivity contribution in [3.05, 3.63) is 107 Å². The van der Waals surface area contributed by atoms with E-state index in [2.05, 4.69) is 80.1 Å². The summed E-state index contributed by atoms with van der Waals surface area (Å²) in [4.78, 5) is 4.63. The fourth-order valence-electron chi connectivity index (χ4n) is 2.87. The number of hydrogen-bond acceptors (Lipinski definition) is 1. The summed E-state index contributed by atoms with van der Waals surface area (Å²) in [5.41, 5.74) is 5.49. The Balaban J connectivity index is 1.57. The van der Waals surface area contributed by atoms with Gasteiger partial charge in [0, 0.05) is 16.4 Å². The summed E-state index contributed by atoms with van der Waals surface area (Å²) in [6.07, 6.45) is 3.94. The normalized spacial score (nSPS) is 11.1. The first-order chi connectivity index (χ1) is 12.8. The molecule has 1 heterocycles. The third kappa shape index (κ3) is 3.68. The van der Waals surface area contributed by atoms with E-state index in [1.165, 1.54) is 11.1 Å². The van der Waals surface area contributed by atoms with Crippen LogP contribution in [0.4, 0.5) is 5.69 Å². The largest absolute Gasteiger partial charge is 0.316 e. The standard InChI is InChI=1S/C23H17BrN2/c24-20-8-4-9-22(16-20)26-15-5-10-23(26)17-25-21-13-11-19(12-14-21)18-6-2-1-3-7-18/h1-17H. The van der Waals surface area contributed by atoms with Crippen LogP contribution in [-0.4, -0.2) is 10.8 Å². The van der Waals surface area contributed by atoms with Gasteiger partial charge in [0.25, 0.3) is 0 Å². The SMILES string of the molecule is Brc1cccc(-n2cccc2C=Nc2ccc(-c3ccccc3)cc2)c1. The molecule has 3 aromatic carbocycles. The molecule has 0 aliphatic heterocycles. The molecular formula is C23H17BrN2.